The van der Waals surface area contributed by atoms with E-state index >= 15 is 0 Å². The molecule has 9 nitrogen and oxygen atoms in total. The van der Waals surface area contributed by atoms with Gasteiger partial charge in [0, 0.05) is 24.2 Å². The third kappa shape index (κ3) is 6.31. The van der Waals surface area contributed by atoms with E-state index in [2.05, 4.69) is 0 Å². The molecule has 3 aromatic rings. The van der Waals surface area contributed by atoms with Gasteiger partial charge in [-0.2, -0.15) is 0 Å². The van der Waals surface area contributed by atoms with Gasteiger partial charge >= 0.3 is 17.9 Å². The van der Waals surface area contributed by atoms with Gasteiger partial charge in [-0.3, -0.25) is 14.4 Å². The molecule has 0 spiro atoms. The molecule has 9 heteroatoms. The highest BCUT2D eigenvalue weighted by molar-refractivity contribution is 6.01. The molecule has 1 heterocycles. The number of nitrogens with zero attached hydrogens (tertiary/aromatic N) is 1. The van der Waals surface area contributed by atoms with Crippen LogP contribution in [0.15, 0.2) is 78.9 Å². The number of benzene rings is 3. The second-order valence-electron chi connectivity index (χ2n) is 8.48. The van der Waals surface area contributed by atoms with E-state index in [9.17, 15) is 24.0 Å². The van der Waals surface area contributed by atoms with E-state index in [4.69, 9.17) is 14.2 Å². The number of ether oxygens (including phenoxy) is 3. The van der Waals surface area contributed by atoms with E-state index in [1.54, 1.807) is 61.5 Å². The Balaban J connectivity index is 1.28. The number of anilines is 1. The first-order chi connectivity index (χ1) is 18.4. The van der Waals surface area contributed by atoms with Crippen LogP contribution in [0.2, 0.25) is 0 Å². The lowest BCUT2D eigenvalue weighted by Gasteiger charge is -2.17. The highest BCUT2D eigenvalue weighted by atomic mass is 16.5. The number of ketones is 1. The van der Waals surface area contributed by atoms with Crippen LogP contribution >= 0.6 is 0 Å². The summed E-state index contributed by atoms with van der Waals surface area (Å²) in [5.74, 6) is -2.77. The molecule has 0 radical (unpaired) electrons. The summed E-state index contributed by atoms with van der Waals surface area (Å²) in [5.41, 5.74) is 1.59. The summed E-state index contributed by atoms with van der Waals surface area (Å²) < 4.78 is 15.4. The minimum absolute atomic E-state index is 0.0475. The van der Waals surface area contributed by atoms with Gasteiger partial charge in [-0.25, -0.2) is 9.59 Å². The molecule has 0 unspecified atom stereocenters. The van der Waals surface area contributed by atoms with Gasteiger partial charge in [0.1, 0.15) is 5.75 Å². The Labute approximate surface area is 218 Å². The molecule has 3 aromatic carbocycles. The first-order valence-corrected chi connectivity index (χ1v) is 12.0. The fourth-order valence-corrected chi connectivity index (χ4v) is 3.89. The fraction of sp³-hybridized carbons (Fsp3) is 0.207. The number of amides is 1. The van der Waals surface area contributed by atoms with E-state index in [-0.39, 0.29) is 36.8 Å². The average Bonchev–Trinajstić information content (AvgIpc) is 3.34. The van der Waals surface area contributed by atoms with Crippen molar-refractivity contribution in [2.45, 2.75) is 13.3 Å². The molecule has 0 aromatic heterocycles. The molecule has 194 valence electrons. The van der Waals surface area contributed by atoms with Gasteiger partial charge in [0.2, 0.25) is 5.91 Å². The van der Waals surface area contributed by atoms with Gasteiger partial charge < -0.3 is 19.1 Å². The van der Waals surface area contributed by atoms with E-state index in [1.807, 2.05) is 0 Å². The van der Waals surface area contributed by atoms with Crippen molar-refractivity contribution in [3.05, 3.63) is 95.6 Å². The molecule has 1 aliphatic heterocycles. The zero-order valence-corrected chi connectivity index (χ0v) is 20.6. The van der Waals surface area contributed by atoms with Crippen molar-refractivity contribution in [1.29, 1.82) is 0 Å². The Kier molecular flexibility index (Phi) is 8.27. The third-order valence-corrected chi connectivity index (χ3v) is 5.89. The number of hydrogen-bond donors (Lipinski definition) is 0. The minimum Gasteiger partial charge on any atom is -0.462 e. The molecule has 1 atom stereocenters. The SMILES string of the molecule is CCOC(=O)c1ccc(N2C[C@@H](C(=O)OCC(=O)c3ccc(OC(=O)c4ccccc4)cc3)CC2=O)cc1. The summed E-state index contributed by atoms with van der Waals surface area (Å²) in [6.45, 7) is 1.59. The van der Waals surface area contributed by atoms with Crippen LogP contribution < -0.4 is 9.64 Å². The Morgan fingerprint density at radius 2 is 1.42 bits per heavy atom. The normalized spacial score (nSPS) is 14.6. The lowest BCUT2D eigenvalue weighted by atomic mass is 10.1. The summed E-state index contributed by atoms with van der Waals surface area (Å²) in [6.07, 6.45) is -0.0475. The van der Waals surface area contributed by atoms with Crippen LogP contribution in [-0.2, 0) is 19.1 Å². The maximum Gasteiger partial charge on any atom is 0.343 e. The van der Waals surface area contributed by atoms with Gasteiger partial charge in [0.15, 0.2) is 12.4 Å². The monoisotopic (exact) mass is 515 g/mol. The van der Waals surface area contributed by atoms with Gasteiger partial charge in [-0.05, 0) is 67.6 Å². The Morgan fingerprint density at radius 3 is 2.08 bits per heavy atom. The zero-order valence-electron chi connectivity index (χ0n) is 20.6. The summed E-state index contributed by atoms with van der Waals surface area (Å²) >= 11 is 0. The minimum atomic E-state index is -0.722. The predicted molar refractivity (Wildman–Crippen MR) is 136 cm³/mol. The first-order valence-electron chi connectivity index (χ1n) is 12.0. The molecule has 4 rings (SSSR count). The van der Waals surface area contributed by atoms with Gasteiger partial charge in [0.05, 0.1) is 23.7 Å². The average molecular weight is 516 g/mol. The van der Waals surface area contributed by atoms with Gasteiger partial charge in [0.25, 0.3) is 0 Å². The molecule has 1 fully saturated rings. The third-order valence-electron chi connectivity index (χ3n) is 5.89. The van der Waals surface area contributed by atoms with Crippen molar-refractivity contribution in [3.8, 4) is 5.75 Å². The number of carbonyl (C=O) groups excluding carboxylic acids is 5. The second kappa shape index (κ2) is 12.0. The van der Waals surface area contributed by atoms with Crippen molar-refractivity contribution in [3.63, 3.8) is 0 Å². The second-order valence-corrected chi connectivity index (χ2v) is 8.48. The van der Waals surface area contributed by atoms with Crippen molar-refractivity contribution < 1.29 is 38.2 Å². The zero-order chi connectivity index (χ0) is 27.1. The van der Waals surface area contributed by atoms with Crippen LogP contribution in [0, 0.1) is 5.92 Å². The smallest absolute Gasteiger partial charge is 0.343 e. The molecular weight excluding hydrogens is 490 g/mol. The number of esters is 3. The largest absolute Gasteiger partial charge is 0.462 e. The number of rotatable bonds is 9. The molecule has 0 N–H and O–H groups in total. The Hall–Kier alpha value is -4.79. The van der Waals surface area contributed by atoms with Crippen LogP contribution in [0.5, 0.6) is 5.75 Å². The summed E-state index contributed by atoms with van der Waals surface area (Å²) in [6, 6.07) is 20.8. The van der Waals surface area contributed by atoms with Crippen LogP contribution in [0.25, 0.3) is 0 Å². The van der Waals surface area contributed by atoms with Crippen molar-refractivity contribution in [2.24, 2.45) is 5.92 Å². The van der Waals surface area contributed by atoms with E-state index in [1.165, 1.54) is 29.2 Å². The van der Waals surface area contributed by atoms with Crippen molar-refractivity contribution >= 4 is 35.3 Å². The maximum absolute atomic E-state index is 12.6. The topological polar surface area (TPSA) is 116 Å². The molecule has 1 amide bonds. The summed E-state index contributed by atoms with van der Waals surface area (Å²) in [4.78, 5) is 63.0. The lowest BCUT2D eigenvalue weighted by Crippen LogP contribution is -2.27. The molecule has 38 heavy (non-hydrogen) atoms. The maximum atomic E-state index is 12.6. The van der Waals surface area contributed by atoms with Gasteiger partial charge in [-0.15, -0.1) is 0 Å². The van der Waals surface area contributed by atoms with Crippen LogP contribution in [-0.4, -0.2) is 49.4 Å². The highest BCUT2D eigenvalue weighted by Gasteiger charge is 2.36. The highest BCUT2D eigenvalue weighted by Crippen LogP contribution is 2.26. The number of carbonyl (C=O) groups is 5. The Bertz CT molecular complexity index is 1330. The van der Waals surface area contributed by atoms with Crippen molar-refractivity contribution in [1.82, 2.24) is 0 Å². The van der Waals surface area contributed by atoms with Crippen LogP contribution in [0.3, 0.4) is 0 Å². The van der Waals surface area contributed by atoms with Crippen LogP contribution in [0.1, 0.15) is 44.4 Å². The molecule has 0 saturated carbocycles. The standard InChI is InChI=1S/C29H25NO8/c1-2-36-27(33)21-8-12-23(13-9-21)30-17-22(16-26(30)32)28(34)37-18-25(31)19-10-14-24(15-11-19)38-29(35)20-6-4-3-5-7-20/h3-15,22H,2,16-18H2,1H3/t22-/m0/s1. The number of Topliss-reactive ketones (excluding diaryl/α,β-unsaturated/α-hetero) is 1. The Morgan fingerprint density at radius 1 is 0.789 bits per heavy atom. The van der Waals surface area contributed by atoms with Crippen molar-refractivity contribution in [2.75, 3.05) is 24.7 Å². The molecule has 1 saturated heterocycles. The molecular formula is C29H25NO8. The molecule has 0 aliphatic carbocycles. The van der Waals surface area contributed by atoms with E-state index < -0.39 is 36.2 Å². The summed E-state index contributed by atoms with van der Waals surface area (Å²) in [5, 5.41) is 0. The van der Waals surface area contributed by atoms with E-state index in [0.717, 1.165) is 0 Å². The quantitative estimate of drug-likeness (QED) is 0.240. The molecule has 1 aliphatic rings. The lowest BCUT2D eigenvalue weighted by molar-refractivity contribution is -0.147. The summed E-state index contributed by atoms with van der Waals surface area (Å²) in [7, 11) is 0. The first kappa shape index (κ1) is 26.3. The van der Waals surface area contributed by atoms with Gasteiger partial charge in [-0.1, -0.05) is 18.2 Å². The predicted octanol–water partition coefficient (Wildman–Crippen LogP) is 3.86. The number of hydrogen-bond acceptors (Lipinski definition) is 8. The van der Waals surface area contributed by atoms with Crippen LogP contribution in [0.4, 0.5) is 5.69 Å². The van der Waals surface area contributed by atoms with E-state index in [0.29, 0.717) is 16.8 Å². The molecule has 0 bridgehead atoms. The fourth-order valence-electron chi connectivity index (χ4n) is 3.89.